The van der Waals surface area contributed by atoms with Gasteiger partial charge in [-0.3, -0.25) is 0 Å². The molecule has 0 atom stereocenters. The zero-order chi connectivity index (χ0) is 17.5. The van der Waals surface area contributed by atoms with Gasteiger partial charge in [0.15, 0.2) is 11.5 Å². The summed E-state index contributed by atoms with van der Waals surface area (Å²) in [5.74, 6) is 0.803. The quantitative estimate of drug-likeness (QED) is 0.527. The van der Waals surface area contributed by atoms with Crippen molar-refractivity contribution in [1.82, 2.24) is 29.5 Å². The fraction of sp³-hybridized carbons (Fsp3) is 0.167. The minimum absolute atomic E-state index is 0.712. The van der Waals surface area contributed by atoms with Crippen molar-refractivity contribution in [3.8, 4) is 0 Å². The number of fused-ring (bicyclic) bond motifs is 3. The second kappa shape index (κ2) is 6.06. The molecule has 1 aliphatic rings. The van der Waals surface area contributed by atoms with E-state index in [1.165, 1.54) is 5.56 Å². The highest BCUT2D eigenvalue weighted by atomic mass is 32.2. The molecule has 0 unspecified atom stereocenters. The van der Waals surface area contributed by atoms with E-state index in [-0.39, 0.29) is 0 Å². The third kappa shape index (κ3) is 2.50. The molecule has 4 aromatic rings. The highest BCUT2D eigenvalue weighted by Gasteiger charge is 2.18. The maximum absolute atomic E-state index is 4.41. The van der Waals surface area contributed by atoms with Crippen molar-refractivity contribution in [2.45, 2.75) is 29.8 Å². The number of aromatic nitrogens is 6. The molecule has 0 bridgehead atoms. The van der Waals surface area contributed by atoms with Crippen LogP contribution >= 0.6 is 11.8 Å². The molecule has 0 amide bonds. The van der Waals surface area contributed by atoms with E-state index >= 15 is 0 Å². The van der Waals surface area contributed by atoms with Crippen molar-refractivity contribution >= 4 is 34.4 Å². The average molecular weight is 361 g/mol. The van der Waals surface area contributed by atoms with Crippen molar-refractivity contribution < 1.29 is 0 Å². The molecule has 128 valence electrons. The van der Waals surface area contributed by atoms with Gasteiger partial charge in [-0.05, 0) is 24.1 Å². The summed E-state index contributed by atoms with van der Waals surface area (Å²) in [5, 5.41) is 4.28. The Hall–Kier alpha value is -3.00. The third-order valence-corrected chi connectivity index (χ3v) is 5.41. The number of nitrogens with zero attached hydrogens (tertiary/aromatic N) is 6. The zero-order valence-corrected chi connectivity index (χ0v) is 14.9. The molecule has 1 N–H and O–H groups in total. The van der Waals surface area contributed by atoms with Gasteiger partial charge in [0.1, 0.15) is 16.9 Å². The van der Waals surface area contributed by atoms with Crippen LogP contribution in [0.3, 0.4) is 0 Å². The first-order chi connectivity index (χ1) is 12.8. The van der Waals surface area contributed by atoms with Gasteiger partial charge in [0.2, 0.25) is 0 Å². The van der Waals surface area contributed by atoms with Gasteiger partial charge in [-0.25, -0.2) is 24.9 Å². The standard InChI is InChI=1S/C18H15N7S/c1-2-12-15-16(22-9-21-12)23-10-25(15)8-11-3-4-14-13(7-11)24-17-18(26-14)20-6-5-19-17/h3-7,9-10H,2,8H2,1H3,(H,19,24). The molecule has 26 heavy (non-hydrogen) atoms. The van der Waals surface area contributed by atoms with Crippen LogP contribution < -0.4 is 5.32 Å². The maximum atomic E-state index is 4.41. The van der Waals surface area contributed by atoms with Crippen LogP contribution in [0.4, 0.5) is 11.5 Å². The first-order valence-electron chi connectivity index (χ1n) is 8.35. The summed E-state index contributed by atoms with van der Waals surface area (Å²) >= 11 is 1.63. The van der Waals surface area contributed by atoms with Crippen molar-refractivity contribution in [2.75, 3.05) is 5.32 Å². The predicted octanol–water partition coefficient (Wildman–Crippen LogP) is 3.44. The van der Waals surface area contributed by atoms with Gasteiger partial charge in [0.25, 0.3) is 0 Å². The van der Waals surface area contributed by atoms with Gasteiger partial charge in [-0.2, -0.15) is 0 Å². The van der Waals surface area contributed by atoms with E-state index in [1.807, 2.05) is 6.33 Å². The number of nitrogens with one attached hydrogen (secondary N) is 1. The van der Waals surface area contributed by atoms with Gasteiger partial charge in [0.05, 0.1) is 17.7 Å². The SMILES string of the molecule is CCc1ncnc2ncn(Cc3ccc4c(c3)Nc3nccnc3S4)c12. The van der Waals surface area contributed by atoms with E-state index in [0.29, 0.717) is 6.54 Å². The highest BCUT2D eigenvalue weighted by molar-refractivity contribution is 7.99. The smallest absolute Gasteiger partial charge is 0.181 e. The van der Waals surface area contributed by atoms with Crippen LogP contribution in [0.1, 0.15) is 18.2 Å². The fourth-order valence-electron chi connectivity index (χ4n) is 3.13. The molecule has 0 fully saturated rings. The minimum Gasteiger partial charge on any atom is -0.337 e. The molecule has 1 aromatic carbocycles. The molecular weight excluding hydrogens is 346 g/mol. The van der Waals surface area contributed by atoms with Gasteiger partial charge < -0.3 is 9.88 Å². The number of hydrogen-bond donors (Lipinski definition) is 1. The Morgan fingerprint density at radius 1 is 1.08 bits per heavy atom. The van der Waals surface area contributed by atoms with Crippen LogP contribution in [0.15, 0.2) is 53.2 Å². The van der Waals surface area contributed by atoms with E-state index in [0.717, 1.165) is 44.7 Å². The lowest BCUT2D eigenvalue weighted by Crippen LogP contribution is -2.06. The Kier molecular flexibility index (Phi) is 3.56. The Balaban J connectivity index is 1.50. The van der Waals surface area contributed by atoms with E-state index in [4.69, 9.17) is 0 Å². The Labute approximate surface area is 154 Å². The predicted molar refractivity (Wildman–Crippen MR) is 99.7 cm³/mol. The number of aryl methyl sites for hydroxylation is 1. The molecule has 5 rings (SSSR count). The summed E-state index contributed by atoms with van der Waals surface area (Å²) in [7, 11) is 0. The van der Waals surface area contributed by atoms with Crippen LogP contribution in [0.2, 0.25) is 0 Å². The largest absolute Gasteiger partial charge is 0.337 e. The third-order valence-electron chi connectivity index (χ3n) is 4.34. The van der Waals surface area contributed by atoms with Gasteiger partial charge >= 0.3 is 0 Å². The summed E-state index contributed by atoms with van der Waals surface area (Å²) in [6, 6.07) is 6.41. The highest BCUT2D eigenvalue weighted by Crippen LogP contribution is 2.42. The molecule has 1 aliphatic heterocycles. The molecule has 0 spiro atoms. The lowest BCUT2D eigenvalue weighted by atomic mass is 10.2. The maximum Gasteiger partial charge on any atom is 0.181 e. The van der Waals surface area contributed by atoms with E-state index < -0.39 is 0 Å². The summed E-state index contributed by atoms with van der Waals surface area (Å²) in [4.78, 5) is 23.0. The second-order valence-electron chi connectivity index (χ2n) is 5.99. The number of anilines is 2. The molecule has 7 nitrogen and oxygen atoms in total. The minimum atomic E-state index is 0.712. The number of rotatable bonds is 3. The molecule has 0 aliphatic carbocycles. The molecular formula is C18H15N7S. The summed E-state index contributed by atoms with van der Waals surface area (Å²) in [6.07, 6.45) is 7.68. The van der Waals surface area contributed by atoms with E-state index in [1.54, 1.807) is 30.5 Å². The Bertz CT molecular complexity index is 1120. The van der Waals surface area contributed by atoms with Crippen LogP contribution in [0.5, 0.6) is 0 Å². The fourth-order valence-corrected chi connectivity index (χ4v) is 4.01. The monoisotopic (exact) mass is 361 g/mol. The number of imidazole rings is 1. The Morgan fingerprint density at radius 2 is 2.00 bits per heavy atom. The molecule has 3 aromatic heterocycles. The lowest BCUT2D eigenvalue weighted by molar-refractivity contribution is 0.814. The van der Waals surface area contributed by atoms with Gasteiger partial charge in [0, 0.05) is 23.8 Å². The average Bonchev–Trinajstić information content (AvgIpc) is 3.09. The van der Waals surface area contributed by atoms with Crippen molar-refractivity contribution in [3.05, 3.63) is 54.5 Å². The summed E-state index contributed by atoms with van der Waals surface area (Å²) < 4.78 is 2.11. The molecule has 0 radical (unpaired) electrons. The molecule has 4 heterocycles. The number of hydrogen-bond acceptors (Lipinski definition) is 7. The number of benzene rings is 1. The first kappa shape index (κ1) is 15.3. The van der Waals surface area contributed by atoms with Crippen LogP contribution in [-0.2, 0) is 13.0 Å². The van der Waals surface area contributed by atoms with Crippen molar-refractivity contribution in [1.29, 1.82) is 0 Å². The zero-order valence-electron chi connectivity index (χ0n) is 14.0. The van der Waals surface area contributed by atoms with Crippen LogP contribution in [0, 0.1) is 0 Å². The molecule has 0 saturated carbocycles. The molecule has 0 saturated heterocycles. The van der Waals surface area contributed by atoms with E-state index in [9.17, 15) is 0 Å². The van der Waals surface area contributed by atoms with Crippen molar-refractivity contribution in [3.63, 3.8) is 0 Å². The second-order valence-corrected chi connectivity index (χ2v) is 7.02. The lowest BCUT2D eigenvalue weighted by Gasteiger charge is -2.19. The normalized spacial score (nSPS) is 12.5. The van der Waals surface area contributed by atoms with E-state index in [2.05, 4.69) is 59.9 Å². The molecule has 8 heteroatoms. The van der Waals surface area contributed by atoms with Crippen LogP contribution in [-0.4, -0.2) is 29.5 Å². The Morgan fingerprint density at radius 3 is 2.92 bits per heavy atom. The van der Waals surface area contributed by atoms with Gasteiger partial charge in [-0.1, -0.05) is 24.8 Å². The van der Waals surface area contributed by atoms with Gasteiger partial charge in [-0.15, -0.1) is 0 Å². The first-order valence-corrected chi connectivity index (χ1v) is 9.17. The topological polar surface area (TPSA) is 81.4 Å². The van der Waals surface area contributed by atoms with Crippen LogP contribution in [0.25, 0.3) is 11.2 Å². The van der Waals surface area contributed by atoms with Crippen molar-refractivity contribution in [2.24, 2.45) is 0 Å². The summed E-state index contributed by atoms with van der Waals surface area (Å²) in [5.41, 5.74) is 4.99. The summed E-state index contributed by atoms with van der Waals surface area (Å²) in [6.45, 7) is 2.81.